The lowest BCUT2D eigenvalue weighted by atomic mass is 10.0. The molecule has 0 unspecified atom stereocenters. The van der Waals surface area contributed by atoms with Crippen LogP contribution >= 0.6 is 11.3 Å². The van der Waals surface area contributed by atoms with E-state index >= 15 is 0 Å². The highest BCUT2D eigenvalue weighted by Gasteiger charge is 2.24. The van der Waals surface area contributed by atoms with Gasteiger partial charge in [0.15, 0.2) is 0 Å². The average Bonchev–Trinajstić information content (AvgIpc) is 3.26. The lowest BCUT2D eigenvalue weighted by molar-refractivity contribution is 0.216. The predicted molar refractivity (Wildman–Crippen MR) is 131 cm³/mol. The molecule has 1 fully saturated rings. The number of benzene rings is 2. The van der Waals surface area contributed by atoms with Crippen LogP contribution in [0.2, 0.25) is 0 Å². The molecule has 0 bridgehead atoms. The number of aromatic nitrogens is 2. The predicted octanol–water partition coefficient (Wildman–Crippen LogP) is 4.99. The number of thiophene rings is 1. The molecule has 0 aliphatic carbocycles. The first-order valence-corrected chi connectivity index (χ1v) is 11.9. The van der Waals surface area contributed by atoms with Crippen LogP contribution in [0.1, 0.15) is 30.3 Å². The van der Waals surface area contributed by atoms with Gasteiger partial charge < -0.3 is 9.64 Å². The fraction of sp³-hybridized carbons (Fsp3) is 0.308. The third-order valence-electron chi connectivity index (χ3n) is 6.30. The Hall–Kier alpha value is -2.96. The topological polar surface area (TPSA) is 47.4 Å². The highest BCUT2D eigenvalue weighted by molar-refractivity contribution is 7.21. The summed E-state index contributed by atoms with van der Waals surface area (Å²) in [5.41, 5.74) is 2.34. The highest BCUT2D eigenvalue weighted by Crippen LogP contribution is 2.32. The van der Waals surface area contributed by atoms with Crippen molar-refractivity contribution in [1.82, 2.24) is 14.5 Å². The molecule has 0 saturated carbocycles. The van der Waals surface area contributed by atoms with Gasteiger partial charge in [-0.05, 0) is 62.3 Å². The molecule has 2 aromatic carbocycles. The van der Waals surface area contributed by atoms with E-state index in [0.29, 0.717) is 6.42 Å². The molecule has 1 aliphatic rings. The minimum Gasteiger partial charge on any atom is -0.497 e. The van der Waals surface area contributed by atoms with Crippen LogP contribution in [0.5, 0.6) is 5.75 Å². The number of hydrogen-bond donors (Lipinski definition) is 0. The van der Waals surface area contributed by atoms with Gasteiger partial charge in [-0.15, -0.1) is 11.3 Å². The van der Waals surface area contributed by atoms with Gasteiger partial charge in [0.05, 0.1) is 12.5 Å². The highest BCUT2D eigenvalue weighted by atomic mass is 32.1. The molecule has 1 aliphatic heterocycles. The van der Waals surface area contributed by atoms with Gasteiger partial charge in [-0.2, -0.15) is 0 Å². The Morgan fingerprint density at radius 3 is 2.47 bits per heavy atom. The van der Waals surface area contributed by atoms with Gasteiger partial charge in [-0.25, -0.2) is 4.98 Å². The molecular weight excluding hydrogens is 418 g/mol. The molecule has 0 atom stereocenters. The second-order valence-corrected chi connectivity index (χ2v) is 9.49. The summed E-state index contributed by atoms with van der Waals surface area (Å²) in [6.07, 6.45) is 2.56. The minimum atomic E-state index is 0.0893. The standard InChI is InChI=1S/C26H27N3O2S/c1-28-14-12-20(13-15-28)29-24(16-18-8-10-21(31-2)11-9-18)27-25-22(26(29)30)17-23(32-25)19-6-4-3-5-7-19/h3-11,17,20H,12-16H2,1-2H3. The molecule has 164 valence electrons. The third-order valence-corrected chi connectivity index (χ3v) is 7.38. The van der Waals surface area contributed by atoms with Crippen LogP contribution in [0.3, 0.4) is 0 Å². The Balaban J connectivity index is 1.61. The molecule has 1 saturated heterocycles. The van der Waals surface area contributed by atoms with Gasteiger partial charge in [0, 0.05) is 17.3 Å². The summed E-state index contributed by atoms with van der Waals surface area (Å²) in [4.78, 5) is 23.0. The monoisotopic (exact) mass is 445 g/mol. The first kappa shape index (κ1) is 20.9. The Morgan fingerprint density at radius 1 is 1.06 bits per heavy atom. The van der Waals surface area contributed by atoms with Gasteiger partial charge in [-0.1, -0.05) is 42.5 Å². The Bertz CT molecular complexity index is 1270. The molecule has 2 aromatic heterocycles. The lowest BCUT2D eigenvalue weighted by Gasteiger charge is -2.31. The van der Waals surface area contributed by atoms with Gasteiger partial charge in [0.25, 0.3) is 5.56 Å². The van der Waals surface area contributed by atoms with Gasteiger partial charge in [-0.3, -0.25) is 9.36 Å². The van der Waals surface area contributed by atoms with E-state index in [1.54, 1.807) is 18.4 Å². The zero-order valence-electron chi connectivity index (χ0n) is 18.5. The van der Waals surface area contributed by atoms with Crippen molar-refractivity contribution in [2.45, 2.75) is 25.3 Å². The van der Waals surface area contributed by atoms with E-state index in [1.165, 1.54) is 0 Å². The van der Waals surface area contributed by atoms with E-state index in [9.17, 15) is 4.79 Å². The largest absolute Gasteiger partial charge is 0.497 e. The molecule has 4 aromatic rings. The normalized spacial score (nSPS) is 15.3. The molecule has 0 N–H and O–H groups in total. The summed E-state index contributed by atoms with van der Waals surface area (Å²) in [5, 5.41) is 0.728. The molecule has 5 nitrogen and oxygen atoms in total. The van der Waals surface area contributed by atoms with Crippen molar-refractivity contribution in [3.05, 3.63) is 82.4 Å². The SMILES string of the molecule is COc1ccc(Cc2nc3sc(-c4ccccc4)cc3c(=O)n2C2CCN(C)CC2)cc1. The molecule has 0 amide bonds. The fourth-order valence-electron chi connectivity index (χ4n) is 4.46. The van der Waals surface area contributed by atoms with Crippen molar-refractivity contribution in [3.8, 4) is 16.2 Å². The quantitative estimate of drug-likeness (QED) is 0.434. The van der Waals surface area contributed by atoms with Gasteiger partial charge in [0.1, 0.15) is 16.4 Å². The van der Waals surface area contributed by atoms with Crippen LogP contribution < -0.4 is 10.3 Å². The Labute approximate surface area is 191 Å². The van der Waals surface area contributed by atoms with Crippen LogP contribution in [0, 0.1) is 0 Å². The fourth-order valence-corrected chi connectivity index (χ4v) is 5.51. The van der Waals surface area contributed by atoms with Crippen molar-refractivity contribution >= 4 is 21.6 Å². The van der Waals surface area contributed by atoms with Crippen LogP contribution in [0.25, 0.3) is 20.7 Å². The van der Waals surface area contributed by atoms with Crippen LogP contribution in [0.4, 0.5) is 0 Å². The summed E-state index contributed by atoms with van der Waals surface area (Å²) >= 11 is 1.60. The molecule has 0 spiro atoms. The number of nitrogens with zero attached hydrogens (tertiary/aromatic N) is 3. The lowest BCUT2D eigenvalue weighted by Crippen LogP contribution is -2.37. The first-order chi connectivity index (χ1) is 15.6. The van der Waals surface area contributed by atoms with E-state index in [4.69, 9.17) is 9.72 Å². The Morgan fingerprint density at radius 2 is 1.78 bits per heavy atom. The maximum atomic E-state index is 13.8. The molecule has 3 heterocycles. The number of rotatable bonds is 5. The Kier molecular flexibility index (Phi) is 5.81. The van der Waals surface area contributed by atoms with E-state index in [2.05, 4.69) is 36.2 Å². The van der Waals surface area contributed by atoms with Crippen LogP contribution in [-0.4, -0.2) is 41.7 Å². The molecule has 6 heteroatoms. The summed E-state index contributed by atoms with van der Waals surface area (Å²) in [7, 11) is 3.81. The van der Waals surface area contributed by atoms with E-state index < -0.39 is 0 Å². The summed E-state index contributed by atoms with van der Waals surface area (Å²) < 4.78 is 7.28. The second-order valence-electron chi connectivity index (χ2n) is 8.46. The van der Waals surface area contributed by atoms with Crippen molar-refractivity contribution in [1.29, 1.82) is 0 Å². The van der Waals surface area contributed by atoms with Gasteiger partial charge in [0.2, 0.25) is 0 Å². The number of fused-ring (bicyclic) bond motifs is 1. The number of ether oxygens (including phenoxy) is 1. The number of likely N-dealkylation sites (tertiary alicyclic amines) is 1. The minimum absolute atomic E-state index is 0.0893. The second kappa shape index (κ2) is 8.88. The molecule has 32 heavy (non-hydrogen) atoms. The zero-order chi connectivity index (χ0) is 22.1. The van der Waals surface area contributed by atoms with Crippen molar-refractivity contribution < 1.29 is 4.74 Å². The van der Waals surface area contributed by atoms with E-state index in [1.807, 2.05) is 41.0 Å². The first-order valence-electron chi connectivity index (χ1n) is 11.0. The summed E-state index contributed by atoms with van der Waals surface area (Å²) in [5.74, 6) is 1.68. The molecule has 5 rings (SSSR count). The van der Waals surface area contributed by atoms with E-state index in [0.717, 1.165) is 63.7 Å². The van der Waals surface area contributed by atoms with Gasteiger partial charge >= 0.3 is 0 Å². The van der Waals surface area contributed by atoms with Crippen molar-refractivity contribution in [3.63, 3.8) is 0 Å². The van der Waals surface area contributed by atoms with Crippen molar-refractivity contribution in [2.75, 3.05) is 27.2 Å². The maximum Gasteiger partial charge on any atom is 0.262 e. The molecule has 0 radical (unpaired) electrons. The summed E-state index contributed by atoms with van der Waals surface area (Å²) in [6.45, 7) is 1.99. The zero-order valence-corrected chi connectivity index (χ0v) is 19.3. The maximum absolute atomic E-state index is 13.8. The van der Waals surface area contributed by atoms with Crippen molar-refractivity contribution in [2.24, 2.45) is 0 Å². The molecular formula is C26H27N3O2S. The van der Waals surface area contributed by atoms with Crippen LogP contribution in [0.15, 0.2) is 65.5 Å². The number of methoxy groups -OCH3 is 1. The number of piperidine rings is 1. The summed E-state index contributed by atoms with van der Waals surface area (Å²) in [6, 6.07) is 20.5. The van der Waals surface area contributed by atoms with E-state index in [-0.39, 0.29) is 11.6 Å². The smallest absolute Gasteiger partial charge is 0.262 e. The third kappa shape index (κ3) is 4.08. The average molecular weight is 446 g/mol. The van der Waals surface area contributed by atoms with Crippen LogP contribution in [-0.2, 0) is 6.42 Å². The number of hydrogen-bond acceptors (Lipinski definition) is 5.